The van der Waals surface area contributed by atoms with Gasteiger partial charge < -0.3 is 5.32 Å². The summed E-state index contributed by atoms with van der Waals surface area (Å²) in [5.41, 5.74) is 1.74. The number of benzene rings is 1. The molecule has 24 heavy (non-hydrogen) atoms. The molecular weight excluding hydrogens is 317 g/mol. The van der Waals surface area contributed by atoms with Gasteiger partial charge in [0.15, 0.2) is 0 Å². The average Bonchev–Trinajstić information content (AvgIpc) is 2.99. The van der Waals surface area contributed by atoms with E-state index in [4.69, 9.17) is 0 Å². The maximum absolute atomic E-state index is 12.7. The van der Waals surface area contributed by atoms with E-state index >= 15 is 0 Å². The smallest absolute Gasteiger partial charge is 0.366 e. The third-order valence-corrected chi connectivity index (χ3v) is 3.46. The van der Waals surface area contributed by atoms with Crippen molar-refractivity contribution in [3.63, 3.8) is 0 Å². The molecule has 0 fully saturated rings. The highest BCUT2D eigenvalue weighted by atomic mass is 19.4. The monoisotopic (exact) mass is 332 g/mol. The predicted octanol–water partition coefficient (Wildman–Crippen LogP) is 4.21. The minimum Gasteiger partial charge on any atom is -0.366 e. The molecule has 0 aliphatic heterocycles. The molecule has 1 aromatic carbocycles. The lowest BCUT2D eigenvalue weighted by Crippen LogP contribution is -2.11. The van der Waals surface area contributed by atoms with Crippen LogP contribution in [0.2, 0.25) is 0 Å². The molecule has 0 saturated heterocycles. The van der Waals surface area contributed by atoms with E-state index in [-0.39, 0.29) is 5.82 Å². The lowest BCUT2D eigenvalue weighted by atomic mass is 10.2. The van der Waals surface area contributed by atoms with Crippen LogP contribution in [-0.4, -0.2) is 14.8 Å². The van der Waals surface area contributed by atoms with Gasteiger partial charge in [-0.2, -0.15) is 18.3 Å². The van der Waals surface area contributed by atoms with Gasteiger partial charge in [0.05, 0.1) is 11.4 Å². The highest BCUT2D eigenvalue weighted by Crippen LogP contribution is 2.28. The lowest BCUT2D eigenvalue weighted by Gasteiger charge is -2.12. The number of aryl methyl sites for hydroxylation is 1. The number of pyridine rings is 1. The first kappa shape index (κ1) is 16.0. The van der Waals surface area contributed by atoms with Gasteiger partial charge in [-0.3, -0.25) is 0 Å². The van der Waals surface area contributed by atoms with Crippen LogP contribution in [0.4, 0.5) is 19.0 Å². The fraction of sp³-hybridized carbons (Fsp3) is 0.176. The molecule has 2 heterocycles. The van der Waals surface area contributed by atoms with Crippen LogP contribution in [-0.2, 0) is 12.7 Å². The van der Waals surface area contributed by atoms with Crippen molar-refractivity contribution in [2.45, 2.75) is 19.6 Å². The highest BCUT2D eigenvalue weighted by molar-refractivity contribution is 5.44. The normalized spacial score (nSPS) is 11.5. The van der Waals surface area contributed by atoms with Gasteiger partial charge in [-0.1, -0.05) is 24.3 Å². The maximum atomic E-state index is 12.7. The van der Waals surface area contributed by atoms with Gasteiger partial charge >= 0.3 is 6.18 Å². The van der Waals surface area contributed by atoms with Gasteiger partial charge in [0.1, 0.15) is 11.5 Å². The highest BCUT2D eigenvalue weighted by Gasteiger charge is 2.32. The fourth-order valence-corrected chi connectivity index (χ4v) is 2.31. The van der Waals surface area contributed by atoms with Crippen LogP contribution >= 0.6 is 0 Å². The minimum atomic E-state index is -4.46. The number of nitrogens with zero attached hydrogens (tertiary/aromatic N) is 3. The van der Waals surface area contributed by atoms with Crippen LogP contribution in [0.1, 0.15) is 17.0 Å². The SMILES string of the molecule is Cc1ccn(-c2ccccc2CNc2cccc(C(F)(F)F)n2)n1. The Balaban J connectivity index is 1.81. The number of rotatable bonds is 4. The molecule has 124 valence electrons. The summed E-state index contributed by atoms with van der Waals surface area (Å²) in [6.07, 6.45) is -2.61. The third-order valence-electron chi connectivity index (χ3n) is 3.46. The van der Waals surface area contributed by atoms with Gasteiger partial charge in [0.25, 0.3) is 0 Å². The van der Waals surface area contributed by atoms with Crippen molar-refractivity contribution in [1.82, 2.24) is 14.8 Å². The Kier molecular flexibility index (Phi) is 4.24. The Bertz CT molecular complexity index is 840. The molecule has 0 radical (unpaired) electrons. The fourth-order valence-electron chi connectivity index (χ4n) is 2.31. The molecule has 0 amide bonds. The molecule has 0 aliphatic carbocycles. The molecule has 0 aliphatic rings. The van der Waals surface area contributed by atoms with Gasteiger partial charge in [-0.25, -0.2) is 9.67 Å². The average molecular weight is 332 g/mol. The number of anilines is 1. The van der Waals surface area contributed by atoms with E-state index in [1.165, 1.54) is 12.1 Å². The Morgan fingerprint density at radius 1 is 1.04 bits per heavy atom. The summed E-state index contributed by atoms with van der Waals surface area (Å²) in [4.78, 5) is 3.61. The van der Waals surface area contributed by atoms with E-state index in [1.807, 2.05) is 43.5 Å². The quantitative estimate of drug-likeness (QED) is 0.778. The number of alkyl halides is 3. The van der Waals surface area contributed by atoms with Crippen molar-refractivity contribution in [3.8, 4) is 5.69 Å². The number of halogens is 3. The Morgan fingerprint density at radius 3 is 2.54 bits per heavy atom. The van der Waals surface area contributed by atoms with Crippen LogP contribution in [0.25, 0.3) is 5.69 Å². The predicted molar refractivity (Wildman–Crippen MR) is 84.9 cm³/mol. The molecular formula is C17H15F3N4. The zero-order valence-corrected chi connectivity index (χ0v) is 12.9. The second kappa shape index (κ2) is 6.35. The standard InChI is InChI=1S/C17H15F3N4/c1-12-9-10-24(23-12)14-6-3-2-5-13(14)11-21-16-8-4-7-15(22-16)17(18,19)20/h2-10H,11H2,1H3,(H,21,22). The van der Waals surface area contributed by atoms with Gasteiger partial charge in [0, 0.05) is 12.7 Å². The van der Waals surface area contributed by atoms with E-state index in [1.54, 1.807) is 4.68 Å². The minimum absolute atomic E-state index is 0.177. The van der Waals surface area contributed by atoms with E-state index < -0.39 is 11.9 Å². The van der Waals surface area contributed by atoms with Crippen molar-refractivity contribution >= 4 is 5.82 Å². The molecule has 4 nitrogen and oxygen atoms in total. The van der Waals surface area contributed by atoms with Gasteiger partial charge in [0.2, 0.25) is 0 Å². The zero-order chi connectivity index (χ0) is 17.2. The second-order valence-electron chi connectivity index (χ2n) is 5.29. The molecule has 3 rings (SSSR count). The molecule has 0 bridgehead atoms. The van der Waals surface area contributed by atoms with Crippen molar-refractivity contribution in [3.05, 3.63) is 71.7 Å². The van der Waals surface area contributed by atoms with Crippen LogP contribution in [0.5, 0.6) is 0 Å². The van der Waals surface area contributed by atoms with Crippen LogP contribution in [0.3, 0.4) is 0 Å². The summed E-state index contributed by atoms with van der Waals surface area (Å²) >= 11 is 0. The van der Waals surface area contributed by atoms with Gasteiger partial charge in [-0.05, 0) is 36.8 Å². The first-order chi connectivity index (χ1) is 11.4. The molecule has 0 saturated carbocycles. The maximum Gasteiger partial charge on any atom is 0.433 e. The van der Waals surface area contributed by atoms with E-state index in [0.717, 1.165) is 23.0 Å². The molecule has 0 spiro atoms. The number of nitrogens with one attached hydrogen (secondary N) is 1. The van der Waals surface area contributed by atoms with E-state index in [2.05, 4.69) is 15.4 Å². The number of para-hydroxylation sites is 1. The molecule has 2 aromatic heterocycles. The topological polar surface area (TPSA) is 42.7 Å². The largest absolute Gasteiger partial charge is 0.433 e. The Morgan fingerprint density at radius 2 is 1.83 bits per heavy atom. The summed E-state index contributed by atoms with van der Waals surface area (Å²) in [6, 6.07) is 13.2. The van der Waals surface area contributed by atoms with Crippen molar-refractivity contribution in [2.24, 2.45) is 0 Å². The van der Waals surface area contributed by atoms with Crippen LogP contribution in [0, 0.1) is 6.92 Å². The summed E-state index contributed by atoms with van der Waals surface area (Å²) < 4.78 is 39.9. The first-order valence-electron chi connectivity index (χ1n) is 7.32. The zero-order valence-electron chi connectivity index (χ0n) is 12.9. The summed E-state index contributed by atoms with van der Waals surface area (Å²) in [5.74, 6) is 0.177. The van der Waals surface area contributed by atoms with Crippen LogP contribution < -0.4 is 5.32 Å². The molecule has 0 unspecified atom stereocenters. The number of aromatic nitrogens is 3. The second-order valence-corrected chi connectivity index (χ2v) is 5.29. The number of hydrogen-bond acceptors (Lipinski definition) is 3. The summed E-state index contributed by atoms with van der Waals surface area (Å²) in [7, 11) is 0. The molecule has 3 aromatic rings. The van der Waals surface area contributed by atoms with E-state index in [9.17, 15) is 13.2 Å². The Hall–Kier alpha value is -2.83. The number of hydrogen-bond donors (Lipinski definition) is 1. The molecule has 1 N–H and O–H groups in total. The summed E-state index contributed by atoms with van der Waals surface area (Å²) in [6.45, 7) is 2.23. The van der Waals surface area contributed by atoms with Crippen molar-refractivity contribution in [2.75, 3.05) is 5.32 Å². The Labute approximate surface area is 137 Å². The van der Waals surface area contributed by atoms with Crippen LogP contribution in [0.15, 0.2) is 54.7 Å². The third kappa shape index (κ3) is 3.56. The lowest BCUT2D eigenvalue weighted by molar-refractivity contribution is -0.141. The summed E-state index contributed by atoms with van der Waals surface area (Å²) in [5, 5.41) is 7.31. The molecule has 7 heteroatoms. The molecule has 0 atom stereocenters. The van der Waals surface area contributed by atoms with Gasteiger partial charge in [-0.15, -0.1) is 0 Å². The van der Waals surface area contributed by atoms with E-state index in [0.29, 0.717) is 6.54 Å². The first-order valence-corrected chi connectivity index (χ1v) is 7.32. The van der Waals surface area contributed by atoms with Crippen molar-refractivity contribution in [1.29, 1.82) is 0 Å². The van der Waals surface area contributed by atoms with Crippen molar-refractivity contribution < 1.29 is 13.2 Å².